The minimum atomic E-state index is -0.465. The summed E-state index contributed by atoms with van der Waals surface area (Å²) in [6, 6.07) is 18.0. The summed E-state index contributed by atoms with van der Waals surface area (Å²) >= 11 is 1.87. The molecule has 2 aromatic carbocycles. The first-order chi connectivity index (χ1) is 17.5. The van der Waals surface area contributed by atoms with Crippen molar-refractivity contribution in [3.05, 3.63) is 101 Å². The summed E-state index contributed by atoms with van der Waals surface area (Å²) in [7, 11) is 0. The number of ether oxygens (including phenoxy) is 1. The third kappa shape index (κ3) is 5.50. The van der Waals surface area contributed by atoms with Gasteiger partial charge >= 0.3 is 0 Å². The average molecular weight is 502 g/mol. The molecule has 1 aliphatic heterocycles. The van der Waals surface area contributed by atoms with Gasteiger partial charge in [-0.25, -0.2) is 0 Å². The lowest BCUT2D eigenvalue weighted by atomic mass is 9.74. The fourth-order valence-corrected chi connectivity index (χ4v) is 5.86. The van der Waals surface area contributed by atoms with Crippen molar-refractivity contribution in [2.75, 3.05) is 19.0 Å². The highest BCUT2D eigenvalue weighted by Crippen LogP contribution is 2.53. The molecule has 1 aliphatic carbocycles. The van der Waals surface area contributed by atoms with Crippen LogP contribution in [0.5, 0.6) is 0 Å². The molecule has 0 radical (unpaired) electrons. The van der Waals surface area contributed by atoms with Crippen molar-refractivity contribution in [3.8, 4) is 0 Å². The van der Waals surface area contributed by atoms with E-state index in [0.717, 1.165) is 30.0 Å². The van der Waals surface area contributed by atoms with Crippen LogP contribution in [0, 0.1) is 10.8 Å². The largest absolute Gasteiger partial charge is 0.454 e. The molecule has 2 N–H and O–H groups in total. The molecule has 2 unspecified atom stereocenters. The van der Waals surface area contributed by atoms with Crippen LogP contribution in [0.15, 0.2) is 99.7 Å². The molecular weight excluding hydrogens is 466 g/mol. The van der Waals surface area contributed by atoms with E-state index in [1.165, 1.54) is 21.7 Å². The number of nitrogens with zero attached hydrogens (tertiary/aromatic N) is 2. The molecule has 0 saturated carbocycles. The Morgan fingerprint density at radius 1 is 1.19 bits per heavy atom. The second-order valence-corrected chi connectivity index (χ2v) is 10.4. The summed E-state index contributed by atoms with van der Waals surface area (Å²) in [5, 5.41) is 18.6. The predicted octanol–water partition coefficient (Wildman–Crippen LogP) is 6.21. The molecule has 1 heterocycles. The van der Waals surface area contributed by atoms with E-state index in [1.807, 2.05) is 48.2 Å². The van der Waals surface area contributed by atoms with Gasteiger partial charge in [-0.3, -0.25) is 10.4 Å². The van der Waals surface area contributed by atoms with E-state index in [0.29, 0.717) is 6.42 Å². The molecule has 5 nitrogen and oxygen atoms in total. The first-order valence-electron chi connectivity index (χ1n) is 12.5. The van der Waals surface area contributed by atoms with Gasteiger partial charge in [-0.2, -0.15) is 0 Å². The lowest BCUT2D eigenvalue weighted by Crippen LogP contribution is -2.25. The molecule has 188 valence electrons. The SMILES string of the molecule is CCSc1ccccc1CC1(C)C2=CC(O)CC=C2N(CC)/C1=C\C=N/COC(=N)c1ccccc1. The third-order valence-corrected chi connectivity index (χ3v) is 7.72. The van der Waals surface area contributed by atoms with E-state index in [9.17, 15) is 5.11 Å². The second kappa shape index (κ2) is 11.8. The fourth-order valence-electron chi connectivity index (χ4n) is 5.04. The lowest BCUT2D eigenvalue weighted by Gasteiger charge is -2.30. The zero-order chi connectivity index (χ0) is 25.5. The van der Waals surface area contributed by atoms with E-state index >= 15 is 0 Å². The van der Waals surface area contributed by atoms with Gasteiger partial charge in [0.2, 0.25) is 5.90 Å². The van der Waals surface area contributed by atoms with Crippen molar-refractivity contribution >= 4 is 23.9 Å². The molecule has 1 saturated heterocycles. The quantitative estimate of drug-likeness (QED) is 0.243. The van der Waals surface area contributed by atoms with E-state index in [-0.39, 0.29) is 18.0 Å². The molecule has 0 spiro atoms. The van der Waals surface area contributed by atoms with Gasteiger partial charge in [-0.15, -0.1) is 11.8 Å². The monoisotopic (exact) mass is 501 g/mol. The minimum Gasteiger partial charge on any atom is -0.454 e. The molecule has 0 bridgehead atoms. The molecule has 0 aromatic heterocycles. The van der Waals surface area contributed by atoms with Gasteiger partial charge in [0.25, 0.3) is 0 Å². The standard InChI is InChI=1S/C30H35N3O2S/c1-4-33-26-16-15-24(34)19-25(26)30(3,20-23-13-9-10-14-27(23)36-5-2)28(33)17-18-32-21-35-29(31)22-11-7-6-8-12-22/h6-14,16-19,24,31,34H,4-5,15,20-21H2,1-3H3/b28-17-,31-29?,32-18-. The van der Waals surface area contributed by atoms with Crippen molar-refractivity contribution in [2.45, 2.75) is 44.6 Å². The first kappa shape index (κ1) is 26.0. The molecule has 4 rings (SSSR count). The van der Waals surface area contributed by atoms with E-state index in [4.69, 9.17) is 10.1 Å². The summed E-state index contributed by atoms with van der Waals surface area (Å²) in [6.45, 7) is 7.52. The van der Waals surface area contributed by atoms with Crippen LogP contribution in [0.1, 0.15) is 38.3 Å². The van der Waals surface area contributed by atoms with Crippen LogP contribution in [-0.4, -0.2) is 47.3 Å². The number of thioether (sulfide) groups is 1. The maximum Gasteiger partial charge on any atom is 0.215 e. The Morgan fingerprint density at radius 3 is 2.69 bits per heavy atom. The highest BCUT2D eigenvalue weighted by Gasteiger charge is 2.46. The highest BCUT2D eigenvalue weighted by molar-refractivity contribution is 7.99. The Labute approximate surface area is 218 Å². The van der Waals surface area contributed by atoms with Gasteiger partial charge < -0.3 is 14.7 Å². The summed E-state index contributed by atoms with van der Waals surface area (Å²) < 4.78 is 5.53. The third-order valence-electron chi connectivity index (χ3n) is 6.72. The molecule has 2 atom stereocenters. The average Bonchev–Trinajstić information content (AvgIpc) is 3.12. The number of likely N-dealkylation sites (N-methyl/N-ethyl adjacent to an activating group) is 1. The van der Waals surface area contributed by atoms with Gasteiger partial charge in [0.05, 0.1) is 6.10 Å². The normalized spacial score (nSPS) is 22.5. The maximum atomic E-state index is 10.5. The number of fused-ring (bicyclic) bond motifs is 1. The van der Waals surface area contributed by atoms with Gasteiger partial charge in [0, 0.05) is 40.0 Å². The van der Waals surface area contributed by atoms with E-state index in [1.54, 1.807) is 6.21 Å². The zero-order valence-electron chi connectivity index (χ0n) is 21.3. The Bertz CT molecular complexity index is 1200. The summed E-state index contributed by atoms with van der Waals surface area (Å²) in [5.41, 5.74) is 5.27. The number of aliphatic hydroxyl groups excluding tert-OH is 1. The van der Waals surface area contributed by atoms with Crippen molar-refractivity contribution < 1.29 is 9.84 Å². The van der Waals surface area contributed by atoms with E-state index < -0.39 is 6.10 Å². The maximum absolute atomic E-state index is 10.5. The fraction of sp³-hybridized carbons (Fsp3) is 0.333. The number of benzene rings is 2. The van der Waals surface area contributed by atoms with Gasteiger partial charge in [-0.1, -0.05) is 49.4 Å². The molecule has 6 heteroatoms. The van der Waals surface area contributed by atoms with Crippen molar-refractivity contribution in [1.29, 1.82) is 5.41 Å². The number of hydrogen-bond acceptors (Lipinski definition) is 6. The number of allylic oxidation sites excluding steroid dienone is 3. The van der Waals surface area contributed by atoms with E-state index in [2.05, 4.69) is 67.1 Å². The summed E-state index contributed by atoms with van der Waals surface area (Å²) in [5.74, 6) is 1.14. The molecule has 2 aromatic rings. The Morgan fingerprint density at radius 2 is 1.94 bits per heavy atom. The molecular formula is C30H35N3O2S. The zero-order valence-corrected chi connectivity index (χ0v) is 22.1. The van der Waals surface area contributed by atoms with Gasteiger partial charge in [-0.05, 0) is 73.9 Å². The van der Waals surface area contributed by atoms with Crippen LogP contribution < -0.4 is 0 Å². The number of aliphatic hydroxyl groups is 1. The van der Waals surface area contributed by atoms with Crippen LogP contribution in [-0.2, 0) is 11.2 Å². The lowest BCUT2D eigenvalue weighted by molar-refractivity contribution is 0.222. The highest BCUT2D eigenvalue weighted by atomic mass is 32.2. The summed E-state index contributed by atoms with van der Waals surface area (Å²) in [4.78, 5) is 8.08. The number of likely N-dealkylation sites (tertiary alicyclic amines) is 1. The Balaban J connectivity index is 1.62. The van der Waals surface area contributed by atoms with Crippen LogP contribution in [0.2, 0.25) is 0 Å². The summed E-state index contributed by atoms with van der Waals surface area (Å²) in [6.07, 6.45) is 9.05. The van der Waals surface area contributed by atoms with Crippen molar-refractivity contribution in [3.63, 3.8) is 0 Å². The molecule has 36 heavy (non-hydrogen) atoms. The number of nitrogens with one attached hydrogen (secondary N) is 1. The molecule has 2 aliphatic rings. The number of rotatable bonds is 9. The predicted molar refractivity (Wildman–Crippen MR) is 150 cm³/mol. The second-order valence-electron chi connectivity index (χ2n) is 9.12. The minimum absolute atomic E-state index is 0.0838. The Hall–Kier alpha value is -3.09. The Kier molecular flexibility index (Phi) is 8.49. The smallest absolute Gasteiger partial charge is 0.215 e. The number of aliphatic imine (C=N–C) groups is 1. The van der Waals surface area contributed by atoms with Crippen LogP contribution in [0.25, 0.3) is 0 Å². The van der Waals surface area contributed by atoms with Crippen LogP contribution >= 0.6 is 11.8 Å². The molecule has 1 fully saturated rings. The first-order valence-corrected chi connectivity index (χ1v) is 13.5. The van der Waals surface area contributed by atoms with Gasteiger partial charge in [0.15, 0.2) is 6.73 Å². The van der Waals surface area contributed by atoms with Crippen molar-refractivity contribution in [1.82, 2.24) is 4.90 Å². The van der Waals surface area contributed by atoms with Crippen LogP contribution in [0.3, 0.4) is 0 Å². The van der Waals surface area contributed by atoms with Crippen molar-refractivity contribution in [2.24, 2.45) is 10.4 Å². The molecule has 0 amide bonds. The topological polar surface area (TPSA) is 68.9 Å². The van der Waals surface area contributed by atoms with Crippen LogP contribution in [0.4, 0.5) is 0 Å². The number of hydrogen-bond donors (Lipinski definition) is 2. The van der Waals surface area contributed by atoms with Gasteiger partial charge in [0.1, 0.15) is 0 Å².